The van der Waals surface area contributed by atoms with Gasteiger partial charge in [0.15, 0.2) is 5.60 Å². The van der Waals surface area contributed by atoms with Gasteiger partial charge in [0.25, 0.3) is 0 Å². The first-order valence-corrected chi connectivity index (χ1v) is 7.59. The van der Waals surface area contributed by atoms with Crippen LogP contribution in [-0.4, -0.2) is 55.0 Å². The molecule has 9 nitrogen and oxygen atoms in total. The first-order valence-electron chi connectivity index (χ1n) is 7.59. The predicted molar refractivity (Wildman–Crippen MR) is 78.2 cm³/mol. The molecule has 0 aliphatic heterocycles. The van der Waals surface area contributed by atoms with E-state index in [-0.39, 0.29) is 63.8 Å². The summed E-state index contributed by atoms with van der Waals surface area (Å²) in [6, 6.07) is -1.57. The van der Waals surface area contributed by atoms with Crippen molar-refractivity contribution in [2.24, 2.45) is 5.73 Å². The number of ether oxygens (including phenoxy) is 3. The second kappa shape index (κ2) is 13.6. The van der Waals surface area contributed by atoms with Gasteiger partial charge in [0.1, 0.15) is 5.60 Å². The van der Waals surface area contributed by atoms with Crippen LogP contribution in [0.25, 0.3) is 0 Å². The zero-order valence-corrected chi connectivity index (χ0v) is 16.5. The average molecular weight is 361 g/mol. The minimum absolute atomic E-state index is 0. The predicted octanol–water partition coefficient (Wildman–Crippen LogP) is -8.26. The summed E-state index contributed by atoms with van der Waals surface area (Å²) in [7, 11) is 0. The summed E-state index contributed by atoms with van der Waals surface area (Å²) in [4.78, 5) is 34.4. The Labute approximate surface area is 177 Å². The molecule has 1 unspecified atom stereocenters. The standard InChI is InChI=1S/C15H27NO8.2Li/c1-5-22-8-9-23-15(12(18)19,13(20)21)10(16)6-7-11(17)24-14(2,3)4;;/h10H,5-9,16H2,1-4H3,(H,18,19)(H,20,21);;/q;2*+1/p-2. The van der Waals surface area contributed by atoms with E-state index in [2.05, 4.69) is 0 Å². The van der Waals surface area contributed by atoms with Gasteiger partial charge in [-0.1, -0.05) is 0 Å². The molecule has 2 N–H and O–H groups in total. The Bertz CT molecular complexity index is 439. The van der Waals surface area contributed by atoms with Crippen molar-refractivity contribution in [2.75, 3.05) is 19.8 Å². The smallest absolute Gasteiger partial charge is 0.546 e. The molecular weight excluding hydrogens is 336 g/mol. The van der Waals surface area contributed by atoms with Crippen molar-refractivity contribution in [3.05, 3.63) is 0 Å². The van der Waals surface area contributed by atoms with Crippen LogP contribution in [-0.2, 0) is 28.6 Å². The molecule has 0 rings (SSSR count). The SMILES string of the molecule is CCOCCOC(C(=O)[O-])(C(=O)[O-])C(N)CCC(=O)OC(C)(C)C.[Li+].[Li+]. The Morgan fingerprint density at radius 2 is 1.54 bits per heavy atom. The van der Waals surface area contributed by atoms with Gasteiger partial charge in [-0.15, -0.1) is 0 Å². The molecule has 0 heterocycles. The molecule has 0 aliphatic rings. The van der Waals surface area contributed by atoms with Crippen LogP contribution >= 0.6 is 0 Å². The Hall–Kier alpha value is -0.515. The van der Waals surface area contributed by atoms with Crippen LogP contribution in [0.2, 0.25) is 0 Å². The van der Waals surface area contributed by atoms with E-state index in [1.54, 1.807) is 27.7 Å². The van der Waals surface area contributed by atoms with E-state index in [0.29, 0.717) is 6.61 Å². The third-order valence-electron chi connectivity index (χ3n) is 2.97. The summed E-state index contributed by atoms with van der Waals surface area (Å²) < 4.78 is 14.9. The number of aliphatic carboxylic acids is 2. The number of nitrogens with two attached hydrogens (primary N) is 1. The van der Waals surface area contributed by atoms with E-state index in [9.17, 15) is 24.6 Å². The fourth-order valence-corrected chi connectivity index (χ4v) is 1.89. The van der Waals surface area contributed by atoms with Crippen molar-refractivity contribution in [1.29, 1.82) is 0 Å². The normalized spacial score (nSPS) is 12.3. The third-order valence-corrected chi connectivity index (χ3v) is 2.97. The largest absolute Gasteiger partial charge is 1.00 e. The number of carbonyl (C=O) groups is 3. The number of esters is 1. The molecule has 0 bridgehead atoms. The molecule has 0 aromatic rings. The number of carboxylic acids is 2. The molecule has 0 amide bonds. The molecule has 0 saturated heterocycles. The zero-order valence-electron chi connectivity index (χ0n) is 16.5. The van der Waals surface area contributed by atoms with E-state index < -0.39 is 35.2 Å². The van der Waals surface area contributed by atoms with Crippen LogP contribution in [0.15, 0.2) is 0 Å². The Morgan fingerprint density at radius 1 is 1.04 bits per heavy atom. The summed E-state index contributed by atoms with van der Waals surface area (Å²) in [5.74, 6) is -4.73. The first-order chi connectivity index (χ1) is 11.0. The quantitative estimate of drug-likeness (QED) is 0.164. The Morgan fingerprint density at radius 3 is 1.92 bits per heavy atom. The van der Waals surface area contributed by atoms with Crippen LogP contribution in [0.5, 0.6) is 0 Å². The van der Waals surface area contributed by atoms with Crippen LogP contribution in [0.3, 0.4) is 0 Å². The van der Waals surface area contributed by atoms with Gasteiger partial charge in [0.2, 0.25) is 0 Å². The summed E-state index contributed by atoms with van der Waals surface area (Å²) in [5.41, 5.74) is 2.06. The van der Waals surface area contributed by atoms with Gasteiger partial charge in [-0.3, -0.25) is 4.79 Å². The zero-order chi connectivity index (χ0) is 19.0. The molecule has 0 radical (unpaired) electrons. The molecule has 0 saturated carbocycles. The van der Waals surface area contributed by atoms with Gasteiger partial charge in [-0.05, 0) is 34.1 Å². The van der Waals surface area contributed by atoms with E-state index in [0.717, 1.165) is 0 Å². The molecule has 140 valence electrons. The molecule has 0 spiro atoms. The maximum Gasteiger partial charge on any atom is 1.00 e. The van der Waals surface area contributed by atoms with Gasteiger partial charge in [0.05, 0.1) is 25.2 Å². The number of carbonyl (C=O) groups excluding carboxylic acids is 3. The van der Waals surface area contributed by atoms with Gasteiger partial charge in [-0.25, -0.2) is 0 Å². The van der Waals surface area contributed by atoms with Crippen molar-refractivity contribution in [3.8, 4) is 0 Å². The third kappa shape index (κ3) is 9.98. The van der Waals surface area contributed by atoms with Gasteiger partial charge in [-0.2, -0.15) is 0 Å². The maximum absolute atomic E-state index is 11.7. The van der Waals surface area contributed by atoms with Gasteiger partial charge < -0.3 is 39.7 Å². The van der Waals surface area contributed by atoms with Crippen LogP contribution in [0, 0.1) is 0 Å². The molecule has 26 heavy (non-hydrogen) atoms. The molecule has 11 heteroatoms. The maximum atomic E-state index is 11.7. The van der Waals surface area contributed by atoms with Crippen molar-refractivity contribution in [1.82, 2.24) is 0 Å². The van der Waals surface area contributed by atoms with Crippen LogP contribution in [0.1, 0.15) is 40.5 Å². The molecular formula is C15H25Li2NO8. The molecule has 0 aliphatic carbocycles. The minimum Gasteiger partial charge on any atom is -0.546 e. The summed E-state index contributed by atoms with van der Waals surface area (Å²) in [5, 5.41) is 22.7. The second-order valence-electron chi connectivity index (χ2n) is 6.09. The summed E-state index contributed by atoms with van der Waals surface area (Å²) >= 11 is 0. The van der Waals surface area contributed by atoms with Gasteiger partial charge in [0, 0.05) is 19.1 Å². The Kier molecular flexibility index (Phi) is 15.8. The molecule has 0 fully saturated rings. The van der Waals surface area contributed by atoms with E-state index in [4.69, 9.17) is 19.9 Å². The van der Waals surface area contributed by atoms with E-state index in [1.165, 1.54) is 0 Å². The van der Waals surface area contributed by atoms with E-state index >= 15 is 0 Å². The van der Waals surface area contributed by atoms with Gasteiger partial charge >= 0.3 is 43.7 Å². The summed E-state index contributed by atoms with van der Waals surface area (Å²) in [6.45, 7) is 6.67. The van der Waals surface area contributed by atoms with Crippen LogP contribution in [0.4, 0.5) is 0 Å². The van der Waals surface area contributed by atoms with Crippen LogP contribution < -0.4 is 53.7 Å². The Balaban J connectivity index is -0.00000264. The molecule has 0 aromatic heterocycles. The molecule has 0 aromatic carbocycles. The number of rotatable bonds is 11. The van der Waals surface area contributed by atoms with Crippen molar-refractivity contribution in [3.63, 3.8) is 0 Å². The van der Waals surface area contributed by atoms with Crippen molar-refractivity contribution in [2.45, 2.75) is 57.8 Å². The van der Waals surface area contributed by atoms with Crippen molar-refractivity contribution >= 4 is 17.9 Å². The van der Waals surface area contributed by atoms with Crippen molar-refractivity contribution < 1.29 is 76.5 Å². The monoisotopic (exact) mass is 361 g/mol. The minimum atomic E-state index is -2.88. The number of carboxylic acid groups (broad SMARTS) is 2. The summed E-state index contributed by atoms with van der Waals surface area (Å²) in [6.07, 6.45) is -0.582. The first kappa shape index (κ1) is 30.2. The van der Waals surface area contributed by atoms with E-state index in [1.807, 2.05) is 0 Å². The number of hydrogen-bond acceptors (Lipinski definition) is 9. The second-order valence-corrected chi connectivity index (χ2v) is 6.09. The number of hydrogen-bond donors (Lipinski definition) is 1. The molecule has 1 atom stereocenters. The fraction of sp³-hybridized carbons (Fsp3) is 0.800. The fourth-order valence-electron chi connectivity index (χ4n) is 1.89. The average Bonchev–Trinajstić information content (AvgIpc) is 2.42. The topological polar surface area (TPSA) is 151 Å².